The number of carbonyl (C=O) groups excluding carboxylic acids is 1. The molecule has 0 saturated heterocycles. The van der Waals surface area contributed by atoms with Gasteiger partial charge in [0.25, 0.3) is 5.91 Å². The molecule has 2 heterocycles. The number of nitrogens with zero attached hydrogens (tertiary/aromatic N) is 3. The molecular formula is C14H18N4O3. The molecule has 7 heteroatoms. The van der Waals surface area contributed by atoms with Crippen LogP contribution in [0.3, 0.4) is 0 Å². The monoisotopic (exact) mass is 290 g/mol. The van der Waals surface area contributed by atoms with Crippen molar-refractivity contribution in [2.75, 3.05) is 13.6 Å². The standard InChI is InChI=1S/C14H18N4O3/c1-9(2)13-10(4-5-12(19)16-13)14(20)18(3)7-6-11-15-8-21-17-11/h4-5,8-9H,6-7H2,1-3H3,(H,16,19). The zero-order valence-corrected chi connectivity index (χ0v) is 12.3. The molecule has 0 bridgehead atoms. The summed E-state index contributed by atoms with van der Waals surface area (Å²) in [6.45, 7) is 4.33. The number of aromatic amines is 1. The molecule has 0 saturated carbocycles. The van der Waals surface area contributed by atoms with Crippen molar-refractivity contribution in [2.45, 2.75) is 26.2 Å². The highest BCUT2D eigenvalue weighted by Gasteiger charge is 2.18. The van der Waals surface area contributed by atoms with Gasteiger partial charge in [-0.25, -0.2) is 0 Å². The number of nitrogens with one attached hydrogen (secondary N) is 1. The van der Waals surface area contributed by atoms with Crippen LogP contribution in [0.1, 0.15) is 41.6 Å². The smallest absolute Gasteiger partial charge is 0.255 e. The molecule has 0 aromatic carbocycles. The number of amides is 1. The third-order valence-corrected chi connectivity index (χ3v) is 3.18. The molecule has 2 aromatic heterocycles. The van der Waals surface area contributed by atoms with Gasteiger partial charge in [-0.1, -0.05) is 19.0 Å². The molecule has 0 spiro atoms. The predicted octanol–water partition coefficient (Wildman–Crippen LogP) is 1.20. The van der Waals surface area contributed by atoms with Gasteiger partial charge >= 0.3 is 0 Å². The van der Waals surface area contributed by atoms with E-state index in [-0.39, 0.29) is 17.4 Å². The Morgan fingerprint density at radius 3 is 2.81 bits per heavy atom. The first kappa shape index (κ1) is 15.0. The summed E-state index contributed by atoms with van der Waals surface area (Å²) in [6, 6.07) is 2.94. The van der Waals surface area contributed by atoms with E-state index in [1.807, 2.05) is 13.8 Å². The molecule has 1 amide bonds. The van der Waals surface area contributed by atoms with Crippen molar-refractivity contribution in [2.24, 2.45) is 0 Å². The SMILES string of the molecule is CC(C)c1[nH]c(=O)ccc1C(=O)N(C)CCc1ncon1. The molecule has 2 rings (SSSR count). The topological polar surface area (TPSA) is 92.1 Å². The Hall–Kier alpha value is -2.44. The van der Waals surface area contributed by atoms with Crippen LogP contribution < -0.4 is 5.56 Å². The molecule has 0 aliphatic rings. The molecular weight excluding hydrogens is 272 g/mol. The van der Waals surface area contributed by atoms with Crippen LogP contribution in [0.2, 0.25) is 0 Å². The highest BCUT2D eigenvalue weighted by atomic mass is 16.5. The van der Waals surface area contributed by atoms with Gasteiger partial charge in [-0.15, -0.1) is 0 Å². The summed E-state index contributed by atoms with van der Waals surface area (Å²) in [4.78, 5) is 32.1. The minimum atomic E-state index is -0.204. The quantitative estimate of drug-likeness (QED) is 0.893. The minimum absolute atomic E-state index is 0.0588. The average Bonchev–Trinajstić information content (AvgIpc) is 2.97. The summed E-state index contributed by atoms with van der Waals surface area (Å²) in [7, 11) is 1.71. The van der Waals surface area contributed by atoms with Crippen molar-refractivity contribution in [3.8, 4) is 0 Å². The van der Waals surface area contributed by atoms with Crippen molar-refractivity contribution in [1.82, 2.24) is 20.0 Å². The lowest BCUT2D eigenvalue weighted by Crippen LogP contribution is -2.31. The molecule has 1 N–H and O–H groups in total. The Morgan fingerprint density at radius 1 is 1.43 bits per heavy atom. The summed E-state index contributed by atoms with van der Waals surface area (Å²) in [5, 5.41) is 3.71. The molecule has 21 heavy (non-hydrogen) atoms. The van der Waals surface area contributed by atoms with E-state index in [1.54, 1.807) is 18.0 Å². The number of hydrogen-bond donors (Lipinski definition) is 1. The van der Waals surface area contributed by atoms with Crippen molar-refractivity contribution in [1.29, 1.82) is 0 Å². The summed E-state index contributed by atoms with van der Waals surface area (Å²) in [5.74, 6) is 0.474. The summed E-state index contributed by atoms with van der Waals surface area (Å²) in [6.07, 6.45) is 1.77. The van der Waals surface area contributed by atoms with Gasteiger partial charge in [-0.2, -0.15) is 4.98 Å². The predicted molar refractivity (Wildman–Crippen MR) is 76.1 cm³/mol. The fraction of sp³-hybridized carbons (Fsp3) is 0.429. The maximum absolute atomic E-state index is 12.5. The fourth-order valence-electron chi connectivity index (χ4n) is 2.01. The van der Waals surface area contributed by atoms with Crippen LogP contribution in [0.5, 0.6) is 0 Å². The number of likely N-dealkylation sites (N-methyl/N-ethyl adjacent to an activating group) is 1. The van der Waals surface area contributed by atoms with Crippen LogP contribution in [0, 0.1) is 0 Å². The summed E-state index contributed by atoms with van der Waals surface area (Å²) in [5.41, 5.74) is 0.962. The van der Waals surface area contributed by atoms with Gasteiger partial charge in [0, 0.05) is 31.8 Å². The van der Waals surface area contributed by atoms with Gasteiger partial charge < -0.3 is 14.4 Å². The van der Waals surface area contributed by atoms with Crippen LogP contribution in [0.4, 0.5) is 0 Å². The van der Waals surface area contributed by atoms with Crippen LogP contribution in [-0.2, 0) is 6.42 Å². The van der Waals surface area contributed by atoms with Gasteiger partial charge in [-0.05, 0) is 12.0 Å². The number of rotatable bonds is 5. The Morgan fingerprint density at radius 2 is 2.19 bits per heavy atom. The minimum Gasteiger partial charge on any atom is -0.343 e. The van der Waals surface area contributed by atoms with Crippen molar-refractivity contribution >= 4 is 5.91 Å². The molecule has 7 nitrogen and oxygen atoms in total. The van der Waals surface area contributed by atoms with Crippen molar-refractivity contribution in [3.63, 3.8) is 0 Å². The molecule has 0 aliphatic heterocycles. The van der Waals surface area contributed by atoms with E-state index in [2.05, 4.69) is 19.6 Å². The van der Waals surface area contributed by atoms with Gasteiger partial charge in [0.1, 0.15) is 0 Å². The lowest BCUT2D eigenvalue weighted by atomic mass is 10.0. The highest BCUT2D eigenvalue weighted by molar-refractivity contribution is 5.95. The maximum Gasteiger partial charge on any atom is 0.255 e. The van der Waals surface area contributed by atoms with Gasteiger partial charge in [0.15, 0.2) is 5.82 Å². The van der Waals surface area contributed by atoms with E-state index in [0.717, 1.165) is 0 Å². The Labute approximate surface area is 122 Å². The van der Waals surface area contributed by atoms with Gasteiger partial charge in [0.05, 0.1) is 5.56 Å². The van der Waals surface area contributed by atoms with E-state index < -0.39 is 0 Å². The van der Waals surface area contributed by atoms with Crippen LogP contribution in [-0.4, -0.2) is 39.5 Å². The van der Waals surface area contributed by atoms with E-state index >= 15 is 0 Å². The van der Waals surface area contributed by atoms with Gasteiger partial charge in [-0.3, -0.25) is 9.59 Å². The van der Waals surface area contributed by atoms with E-state index in [9.17, 15) is 9.59 Å². The third-order valence-electron chi connectivity index (χ3n) is 3.18. The molecule has 0 aliphatic carbocycles. The zero-order valence-electron chi connectivity index (χ0n) is 12.3. The first-order valence-corrected chi connectivity index (χ1v) is 6.73. The Bertz CT molecular complexity index is 661. The molecule has 0 radical (unpaired) electrons. The zero-order chi connectivity index (χ0) is 15.4. The van der Waals surface area contributed by atoms with Crippen LogP contribution in [0.25, 0.3) is 0 Å². The lowest BCUT2D eigenvalue weighted by Gasteiger charge is -2.19. The van der Waals surface area contributed by atoms with E-state index in [1.165, 1.54) is 12.5 Å². The average molecular weight is 290 g/mol. The number of hydrogen-bond acceptors (Lipinski definition) is 5. The second kappa shape index (κ2) is 6.34. The van der Waals surface area contributed by atoms with Crippen LogP contribution in [0.15, 0.2) is 27.8 Å². The van der Waals surface area contributed by atoms with E-state index in [0.29, 0.717) is 30.0 Å². The van der Waals surface area contributed by atoms with Crippen molar-refractivity contribution in [3.05, 3.63) is 46.0 Å². The first-order chi connectivity index (χ1) is 9.99. The molecule has 0 fully saturated rings. The van der Waals surface area contributed by atoms with Crippen molar-refractivity contribution < 1.29 is 9.32 Å². The highest BCUT2D eigenvalue weighted by Crippen LogP contribution is 2.16. The largest absolute Gasteiger partial charge is 0.343 e. The number of aromatic nitrogens is 3. The van der Waals surface area contributed by atoms with Crippen LogP contribution >= 0.6 is 0 Å². The maximum atomic E-state index is 12.5. The normalized spacial score (nSPS) is 10.9. The second-order valence-electron chi connectivity index (χ2n) is 5.13. The molecule has 0 atom stereocenters. The lowest BCUT2D eigenvalue weighted by molar-refractivity contribution is 0.0793. The Kier molecular flexibility index (Phi) is 4.52. The fourth-order valence-corrected chi connectivity index (χ4v) is 2.01. The van der Waals surface area contributed by atoms with Gasteiger partial charge in [0.2, 0.25) is 12.0 Å². The number of pyridine rings is 1. The number of carbonyl (C=O) groups is 1. The summed E-state index contributed by atoms with van der Waals surface area (Å²) < 4.78 is 4.65. The summed E-state index contributed by atoms with van der Waals surface area (Å²) >= 11 is 0. The second-order valence-corrected chi connectivity index (χ2v) is 5.13. The molecule has 112 valence electrons. The molecule has 0 unspecified atom stereocenters. The third kappa shape index (κ3) is 3.56. The Balaban J connectivity index is 2.13. The number of H-pyrrole nitrogens is 1. The van der Waals surface area contributed by atoms with E-state index in [4.69, 9.17) is 0 Å². The molecule has 2 aromatic rings. The first-order valence-electron chi connectivity index (χ1n) is 6.73.